The first kappa shape index (κ1) is 22.3. The maximum atomic E-state index is 2.65. The second kappa shape index (κ2) is 8.57. The minimum atomic E-state index is 0. The zero-order valence-electron chi connectivity index (χ0n) is 18.3. The molecule has 0 atom stereocenters. The van der Waals surface area contributed by atoms with Crippen molar-refractivity contribution in [2.45, 2.75) is 60.8 Å². The van der Waals surface area contributed by atoms with E-state index in [1.54, 1.807) is 5.57 Å². The molecule has 0 radical (unpaired) electrons. The highest BCUT2D eigenvalue weighted by molar-refractivity contribution is 5.85. The highest BCUT2D eigenvalue weighted by Gasteiger charge is 2.34. The van der Waals surface area contributed by atoms with Gasteiger partial charge in [-0.25, -0.2) is 0 Å². The van der Waals surface area contributed by atoms with E-state index in [9.17, 15) is 0 Å². The van der Waals surface area contributed by atoms with Gasteiger partial charge in [-0.2, -0.15) is 0 Å². The zero-order valence-corrected chi connectivity index (χ0v) is 19.1. The summed E-state index contributed by atoms with van der Waals surface area (Å²) in [6.07, 6.45) is 6.26. The van der Waals surface area contributed by atoms with E-state index in [4.69, 9.17) is 0 Å². The number of rotatable bonds is 4. The molecule has 0 bridgehead atoms. The Balaban J connectivity index is 0.00000261. The predicted octanol–water partition coefficient (Wildman–Crippen LogP) is 6.18. The van der Waals surface area contributed by atoms with E-state index >= 15 is 0 Å². The molecule has 1 fully saturated rings. The van der Waals surface area contributed by atoms with Crippen LogP contribution in [0.2, 0.25) is 0 Å². The van der Waals surface area contributed by atoms with Crippen LogP contribution in [-0.2, 0) is 0 Å². The molecular weight excluding hydrogens is 352 g/mol. The number of nitrogens with zero attached hydrogens (tertiary/aromatic N) is 2. The monoisotopic (exact) mass is 390 g/mol. The van der Waals surface area contributed by atoms with Gasteiger partial charge in [-0.3, -0.25) is 4.90 Å². The molecule has 3 rings (SSSR count). The molecule has 0 spiro atoms. The molecule has 1 aliphatic heterocycles. The molecule has 0 saturated carbocycles. The SMILES string of the molecule is CCCN1CCN(c2c(C)cccc2C2=CC(C)(C)CC(C)(C)C2)CC1.Cl. The van der Waals surface area contributed by atoms with Crippen LogP contribution in [0.3, 0.4) is 0 Å². The molecule has 1 aliphatic carbocycles. The largest absolute Gasteiger partial charge is 0.368 e. The van der Waals surface area contributed by atoms with Crippen molar-refractivity contribution < 1.29 is 0 Å². The van der Waals surface area contributed by atoms with Gasteiger partial charge in [0.2, 0.25) is 0 Å². The highest BCUT2D eigenvalue weighted by atomic mass is 35.5. The summed E-state index contributed by atoms with van der Waals surface area (Å²) in [5.41, 5.74) is 6.60. The molecule has 152 valence electrons. The first-order valence-corrected chi connectivity index (χ1v) is 10.5. The first-order chi connectivity index (χ1) is 12.2. The maximum Gasteiger partial charge on any atom is 0.0473 e. The Kier molecular flexibility index (Phi) is 7.08. The molecule has 0 aromatic heterocycles. The minimum absolute atomic E-state index is 0. The Hall–Kier alpha value is -0.990. The number of allylic oxidation sites excluding steroid dienone is 2. The third kappa shape index (κ3) is 5.29. The van der Waals surface area contributed by atoms with Gasteiger partial charge in [0.1, 0.15) is 0 Å². The van der Waals surface area contributed by atoms with E-state index < -0.39 is 0 Å². The second-order valence-corrected chi connectivity index (χ2v) is 9.98. The molecule has 1 heterocycles. The molecule has 1 aromatic rings. The van der Waals surface area contributed by atoms with Gasteiger partial charge in [-0.1, -0.05) is 58.9 Å². The van der Waals surface area contributed by atoms with Crippen LogP contribution in [0.15, 0.2) is 24.3 Å². The summed E-state index contributed by atoms with van der Waals surface area (Å²) in [5, 5.41) is 0. The van der Waals surface area contributed by atoms with E-state index in [0.717, 1.165) is 13.1 Å². The van der Waals surface area contributed by atoms with Crippen LogP contribution in [-0.4, -0.2) is 37.6 Å². The predicted molar refractivity (Wildman–Crippen MR) is 122 cm³/mol. The fraction of sp³-hybridized carbons (Fsp3) is 0.667. The van der Waals surface area contributed by atoms with E-state index in [1.807, 2.05) is 0 Å². The number of anilines is 1. The quantitative estimate of drug-likeness (QED) is 0.605. The summed E-state index contributed by atoms with van der Waals surface area (Å²) >= 11 is 0. The van der Waals surface area contributed by atoms with Gasteiger partial charge in [0.05, 0.1) is 0 Å². The van der Waals surface area contributed by atoms with Gasteiger partial charge >= 0.3 is 0 Å². The standard InChI is InChI=1S/C24H38N2.ClH/c1-7-11-25-12-14-26(15-13-25)22-19(2)9-8-10-21(22)20-16-23(3,4)18-24(5,6)17-20;/h8-10,16H,7,11-15,17-18H2,1-6H3;1H. The van der Waals surface area contributed by atoms with Crippen LogP contribution in [0, 0.1) is 17.8 Å². The minimum Gasteiger partial charge on any atom is -0.368 e. The van der Waals surface area contributed by atoms with Crippen molar-refractivity contribution in [2.75, 3.05) is 37.6 Å². The van der Waals surface area contributed by atoms with Crippen LogP contribution in [0.5, 0.6) is 0 Å². The van der Waals surface area contributed by atoms with Crippen molar-refractivity contribution in [1.29, 1.82) is 0 Å². The number of benzene rings is 1. The zero-order chi connectivity index (χ0) is 18.9. The molecule has 3 heteroatoms. The Bertz CT molecular complexity index is 667. The molecule has 27 heavy (non-hydrogen) atoms. The number of piperazine rings is 1. The van der Waals surface area contributed by atoms with Gasteiger partial charge in [-0.15, -0.1) is 12.4 Å². The third-order valence-corrected chi connectivity index (χ3v) is 5.98. The lowest BCUT2D eigenvalue weighted by atomic mass is 9.65. The van der Waals surface area contributed by atoms with Gasteiger partial charge in [0, 0.05) is 37.4 Å². The maximum absolute atomic E-state index is 2.65. The van der Waals surface area contributed by atoms with Crippen molar-refractivity contribution in [2.24, 2.45) is 10.8 Å². The molecule has 1 aromatic carbocycles. The van der Waals surface area contributed by atoms with Crippen LogP contribution >= 0.6 is 12.4 Å². The molecule has 0 N–H and O–H groups in total. The van der Waals surface area contributed by atoms with Crippen molar-refractivity contribution in [1.82, 2.24) is 4.90 Å². The van der Waals surface area contributed by atoms with Gasteiger partial charge in [0.25, 0.3) is 0 Å². The lowest BCUT2D eigenvalue weighted by Gasteiger charge is -2.42. The summed E-state index contributed by atoms with van der Waals surface area (Å²) in [4.78, 5) is 5.26. The fourth-order valence-electron chi connectivity index (χ4n) is 5.41. The first-order valence-electron chi connectivity index (χ1n) is 10.5. The van der Waals surface area contributed by atoms with Crippen LogP contribution in [0.1, 0.15) is 65.0 Å². The Morgan fingerprint density at radius 1 is 1.00 bits per heavy atom. The summed E-state index contributed by atoms with van der Waals surface area (Å²) in [7, 11) is 0. The average Bonchev–Trinajstić information content (AvgIpc) is 2.53. The highest BCUT2D eigenvalue weighted by Crippen LogP contribution is 2.49. The van der Waals surface area contributed by atoms with E-state index in [1.165, 1.54) is 55.7 Å². The molecule has 0 unspecified atom stereocenters. The average molecular weight is 391 g/mol. The molecular formula is C24H39ClN2. The van der Waals surface area contributed by atoms with E-state index in [-0.39, 0.29) is 17.8 Å². The van der Waals surface area contributed by atoms with Crippen molar-refractivity contribution in [3.8, 4) is 0 Å². The van der Waals surface area contributed by atoms with Crippen LogP contribution < -0.4 is 4.90 Å². The number of aryl methyl sites for hydroxylation is 1. The van der Waals surface area contributed by atoms with Crippen LogP contribution in [0.25, 0.3) is 5.57 Å². The van der Waals surface area contributed by atoms with Gasteiger partial charge in [-0.05, 0) is 54.7 Å². The van der Waals surface area contributed by atoms with Gasteiger partial charge < -0.3 is 4.90 Å². The smallest absolute Gasteiger partial charge is 0.0473 e. The van der Waals surface area contributed by atoms with Crippen molar-refractivity contribution in [3.63, 3.8) is 0 Å². The number of hydrogen-bond acceptors (Lipinski definition) is 2. The van der Waals surface area contributed by atoms with Gasteiger partial charge in [0.15, 0.2) is 0 Å². The summed E-state index contributed by atoms with van der Waals surface area (Å²) in [6, 6.07) is 6.90. The Morgan fingerprint density at radius 2 is 1.67 bits per heavy atom. The molecule has 1 saturated heterocycles. The topological polar surface area (TPSA) is 6.48 Å². The van der Waals surface area contributed by atoms with Crippen molar-refractivity contribution >= 4 is 23.7 Å². The third-order valence-electron chi connectivity index (χ3n) is 5.98. The summed E-state index contributed by atoms with van der Waals surface area (Å²) in [6.45, 7) is 20.1. The lowest BCUT2D eigenvalue weighted by molar-refractivity contribution is 0.228. The van der Waals surface area contributed by atoms with Crippen LogP contribution in [0.4, 0.5) is 5.69 Å². The summed E-state index contributed by atoms with van der Waals surface area (Å²) < 4.78 is 0. The van der Waals surface area contributed by atoms with E-state index in [2.05, 4.69) is 75.6 Å². The lowest BCUT2D eigenvalue weighted by Crippen LogP contribution is -2.47. The van der Waals surface area contributed by atoms with E-state index in [0.29, 0.717) is 5.41 Å². The second-order valence-electron chi connectivity index (χ2n) is 9.98. The number of hydrogen-bond donors (Lipinski definition) is 0. The van der Waals surface area contributed by atoms with Crippen molar-refractivity contribution in [3.05, 3.63) is 35.4 Å². The Morgan fingerprint density at radius 3 is 2.26 bits per heavy atom. The molecule has 2 nitrogen and oxygen atoms in total. The summed E-state index contributed by atoms with van der Waals surface area (Å²) in [5.74, 6) is 0. The molecule has 2 aliphatic rings. The normalized spacial score (nSPS) is 22.1. The number of para-hydroxylation sites is 1. The Labute approximate surface area is 173 Å². The molecule has 0 amide bonds. The fourth-order valence-corrected chi connectivity index (χ4v) is 5.41. The number of halogens is 1.